The molecule has 0 heterocycles. The summed E-state index contributed by atoms with van der Waals surface area (Å²) in [5.41, 5.74) is 10.2. The number of carbonyl (C=O) groups excluding carboxylic acids is 1. The fourth-order valence-corrected chi connectivity index (χ4v) is 1.94. The van der Waals surface area contributed by atoms with Crippen LogP contribution in [0.5, 0.6) is 0 Å². The highest BCUT2D eigenvalue weighted by Gasteiger charge is 2.17. The maximum absolute atomic E-state index is 12.7. The molecule has 122 valence electrons. The predicted octanol–water partition coefficient (Wildman–Crippen LogP) is 2.08. The van der Waals surface area contributed by atoms with Crippen molar-refractivity contribution in [1.82, 2.24) is 4.90 Å². The summed E-state index contributed by atoms with van der Waals surface area (Å²) in [5.74, 6) is -0.122. The molecule has 0 aliphatic carbocycles. The van der Waals surface area contributed by atoms with Crippen LogP contribution >= 0.6 is 0 Å². The topological polar surface area (TPSA) is 118 Å². The summed E-state index contributed by atoms with van der Waals surface area (Å²) < 4.78 is 0. The number of benzene rings is 1. The molecular formula is C16H22N6O. The van der Waals surface area contributed by atoms with E-state index < -0.39 is 0 Å². The molecule has 0 aliphatic heterocycles. The fourth-order valence-electron chi connectivity index (χ4n) is 1.94. The molecule has 7 nitrogen and oxygen atoms in total. The van der Waals surface area contributed by atoms with Crippen LogP contribution in [0.15, 0.2) is 41.1 Å². The van der Waals surface area contributed by atoms with E-state index in [1.54, 1.807) is 29.2 Å². The molecule has 0 atom stereocenters. The highest BCUT2D eigenvalue weighted by Crippen LogP contribution is 2.17. The van der Waals surface area contributed by atoms with Gasteiger partial charge < -0.3 is 21.5 Å². The first-order valence-corrected chi connectivity index (χ1v) is 7.25. The van der Waals surface area contributed by atoms with Gasteiger partial charge in [0, 0.05) is 37.6 Å². The van der Waals surface area contributed by atoms with Gasteiger partial charge in [-0.25, -0.2) is 0 Å². The predicted molar refractivity (Wildman–Crippen MR) is 94.6 cm³/mol. The molecular weight excluding hydrogens is 292 g/mol. The van der Waals surface area contributed by atoms with E-state index in [0.717, 1.165) is 12.4 Å². The molecule has 5 N–H and O–H groups in total. The van der Waals surface area contributed by atoms with Crippen molar-refractivity contribution >= 4 is 30.2 Å². The van der Waals surface area contributed by atoms with Crippen molar-refractivity contribution in [3.05, 3.63) is 41.6 Å². The molecule has 1 amide bonds. The SMILES string of the molecule is CCN(CCC(N)=CC=N)C(=O)c1ccccc1NN=CC=N. The summed E-state index contributed by atoms with van der Waals surface area (Å²) in [6.45, 7) is 2.93. The van der Waals surface area contributed by atoms with Crippen molar-refractivity contribution in [3.63, 3.8) is 0 Å². The van der Waals surface area contributed by atoms with Crippen LogP contribution in [0, 0.1) is 10.8 Å². The average Bonchev–Trinajstić information content (AvgIpc) is 2.56. The number of allylic oxidation sites excluding steroid dienone is 1. The van der Waals surface area contributed by atoms with Crippen LogP contribution in [-0.4, -0.2) is 42.5 Å². The van der Waals surface area contributed by atoms with E-state index in [1.165, 1.54) is 12.3 Å². The van der Waals surface area contributed by atoms with Gasteiger partial charge in [-0.05, 0) is 25.1 Å². The number of hydrogen-bond acceptors (Lipinski definition) is 6. The number of rotatable bonds is 9. The Balaban J connectivity index is 2.88. The number of carbonyl (C=O) groups is 1. The molecule has 1 rings (SSSR count). The van der Waals surface area contributed by atoms with Crippen molar-refractivity contribution in [2.24, 2.45) is 10.8 Å². The highest BCUT2D eigenvalue weighted by atomic mass is 16.2. The monoisotopic (exact) mass is 314 g/mol. The lowest BCUT2D eigenvalue weighted by Gasteiger charge is -2.22. The maximum atomic E-state index is 12.7. The molecule has 0 unspecified atom stereocenters. The molecule has 0 aromatic heterocycles. The number of hydrazone groups is 1. The third-order valence-corrected chi connectivity index (χ3v) is 3.13. The zero-order chi connectivity index (χ0) is 17.1. The van der Waals surface area contributed by atoms with Gasteiger partial charge in [0.1, 0.15) is 0 Å². The second-order valence-corrected chi connectivity index (χ2v) is 4.65. The summed E-state index contributed by atoms with van der Waals surface area (Å²) >= 11 is 0. The van der Waals surface area contributed by atoms with Crippen LogP contribution in [0.3, 0.4) is 0 Å². The smallest absolute Gasteiger partial charge is 0.256 e. The maximum Gasteiger partial charge on any atom is 0.256 e. The quantitative estimate of drug-likeness (QED) is 0.412. The number of amides is 1. The zero-order valence-electron chi connectivity index (χ0n) is 13.1. The lowest BCUT2D eigenvalue weighted by Crippen LogP contribution is -2.32. The summed E-state index contributed by atoms with van der Waals surface area (Å²) in [7, 11) is 0. The van der Waals surface area contributed by atoms with Crippen molar-refractivity contribution in [3.8, 4) is 0 Å². The molecule has 0 saturated heterocycles. The summed E-state index contributed by atoms with van der Waals surface area (Å²) in [6.07, 6.45) is 5.50. The second kappa shape index (κ2) is 9.88. The third kappa shape index (κ3) is 5.74. The number of nitrogens with one attached hydrogen (secondary N) is 3. The first-order valence-electron chi connectivity index (χ1n) is 7.25. The molecule has 1 aromatic carbocycles. The van der Waals surface area contributed by atoms with Gasteiger partial charge >= 0.3 is 0 Å². The van der Waals surface area contributed by atoms with Crippen LogP contribution < -0.4 is 11.2 Å². The van der Waals surface area contributed by atoms with E-state index in [-0.39, 0.29) is 5.91 Å². The Hall–Kier alpha value is -2.96. The van der Waals surface area contributed by atoms with Crippen molar-refractivity contribution in [2.45, 2.75) is 13.3 Å². The minimum atomic E-state index is -0.122. The second-order valence-electron chi connectivity index (χ2n) is 4.65. The fraction of sp³-hybridized carbons (Fsp3) is 0.250. The minimum absolute atomic E-state index is 0.122. The molecule has 0 saturated carbocycles. The van der Waals surface area contributed by atoms with Gasteiger partial charge in [-0.15, -0.1) is 0 Å². The van der Waals surface area contributed by atoms with Crippen molar-refractivity contribution in [1.29, 1.82) is 10.8 Å². The van der Waals surface area contributed by atoms with Gasteiger partial charge in [-0.1, -0.05) is 12.1 Å². The largest absolute Gasteiger partial charge is 0.402 e. The standard InChI is InChI=1S/C16H22N6O/c1-2-22(12-8-13(19)7-9-17)16(23)14-5-3-4-6-15(14)21-20-11-10-18/h3-7,9-11,17-18,21H,2,8,12,19H2,1H3. The van der Waals surface area contributed by atoms with E-state index in [4.69, 9.17) is 16.6 Å². The number of anilines is 1. The Kier molecular flexibility index (Phi) is 7.77. The lowest BCUT2D eigenvalue weighted by atomic mass is 10.1. The first-order chi connectivity index (χ1) is 11.1. The number of nitrogens with zero attached hydrogens (tertiary/aromatic N) is 2. The van der Waals surface area contributed by atoms with Crippen LogP contribution in [0.2, 0.25) is 0 Å². The van der Waals surface area contributed by atoms with Crippen molar-refractivity contribution < 1.29 is 4.79 Å². The van der Waals surface area contributed by atoms with E-state index in [1.807, 2.05) is 6.92 Å². The van der Waals surface area contributed by atoms with Gasteiger partial charge in [0.05, 0.1) is 17.5 Å². The molecule has 23 heavy (non-hydrogen) atoms. The molecule has 0 bridgehead atoms. The summed E-state index contributed by atoms with van der Waals surface area (Å²) in [4.78, 5) is 14.4. The molecule has 0 fully saturated rings. The van der Waals surface area contributed by atoms with E-state index in [2.05, 4.69) is 10.5 Å². The third-order valence-electron chi connectivity index (χ3n) is 3.13. The van der Waals surface area contributed by atoms with Crippen LogP contribution in [0.25, 0.3) is 0 Å². The molecule has 1 aromatic rings. The van der Waals surface area contributed by atoms with E-state index in [0.29, 0.717) is 36.5 Å². The Bertz CT molecular complexity index is 608. The van der Waals surface area contributed by atoms with Gasteiger partial charge in [0.25, 0.3) is 5.91 Å². The number of hydrogen-bond donors (Lipinski definition) is 4. The zero-order valence-corrected chi connectivity index (χ0v) is 13.1. The Morgan fingerprint density at radius 2 is 2.09 bits per heavy atom. The number of para-hydroxylation sites is 1. The average molecular weight is 314 g/mol. The van der Waals surface area contributed by atoms with Crippen LogP contribution in [0.1, 0.15) is 23.7 Å². The van der Waals surface area contributed by atoms with Crippen LogP contribution in [0.4, 0.5) is 5.69 Å². The Labute approximate surface area is 135 Å². The van der Waals surface area contributed by atoms with Crippen LogP contribution in [-0.2, 0) is 0 Å². The van der Waals surface area contributed by atoms with Gasteiger partial charge in [0.2, 0.25) is 0 Å². The molecule has 0 aliphatic rings. The Morgan fingerprint density at radius 3 is 2.74 bits per heavy atom. The van der Waals surface area contributed by atoms with Gasteiger partial charge in [-0.3, -0.25) is 10.2 Å². The van der Waals surface area contributed by atoms with Gasteiger partial charge in [-0.2, -0.15) is 5.10 Å². The minimum Gasteiger partial charge on any atom is -0.402 e. The number of nitrogens with two attached hydrogens (primary N) is 1. The molecule has 7 heteroatoms. The van der Waals surface area contributed by atoms with Crippen molar-refractivity contribution in [2.75, 3.05) is 18.5 Å². The normalized spacial score (nSPS) is 11.3. The lowest BCUT2D eigenvalue weighted by molar-refractivity contribution is 0.0767. The highest BCUT2D eigenvalue weighted by molar-refractivity contribution is 6.14. The molecule has 0 radical (unpaired) electrons. The summed E-state index contributed by atoms with van der Waals surface area (Å²) in [5, 5.41) is 17.7. The first kappa shape index (κ1) is 18.1. The molecule has 0 spiro atoms. The van der Waals surface area contributed by atoms with E-state index >= 15 is 0 Å². The summed E-state index contributed by atoms with van der Waals surface area (Å²) in [6, 6.07) is 7.08. The Morgan fingerprint density at radius 1 is 1.35 bits per heavy atom. The van der Waals surface area contributed by atoms with Gasteiger partial charge in [0.15, 0.2) is 0 Å². The van der Waals surface area contributed by atoms with E-state index in [9.17, 15) is 4.79 Å².